The summed E-state index contributed by atoms with van der Waals surface area (Å²) in [6, 6.07) is 6.47. The zero-order chi connectivity index (χ0) is 18.4. The summed E-state index contributed by atoms with van der Waals surface area (Å²) in [5, 5.41) is 6.13. The van der Waals surface area contributed by atoms with Gasteiger partial charge in [-0.05, 0) is 30.3 Å². The topological polar surface area (TPSA) is 62.3 Å². The number of benzene rings is 1. The van der Waals surface area contributed by atoms with Gasteiger partial charge >= 0.3 is 6.18 Å². The van der Waals surface area contributed by atoms with Crippen LogP contribution in [0, 0.1) is 0 Å². The highest BCUT2D eigenvalue weighted by Gasteiger charge is 2.29. The van der Waals surface area contributed by atoms with E-state index in [1.165, 1.54) is 12.1 Å². The average Bonchev–Trinajstić information content (AvgIpc) is 2.63. The Morgan fingerprint density at radius 3 is 2.50 bits per heavy atom. The molecule has 1 fully saturated rings. The predicted octanol–water partition coefficient (Wildman–Crippen LogP) is 2.98. The van der Waals surface area contributed by atoms with E-state index in [0.717, 1.165) is 45.0 Å². The number of anilines is 3. The highest BCUT2D eigenvalue weighted by atomic mass is 19.4. The molecule has 0 saturated carbocycles. The maximum Gasteiger partial charge on any atom is 0.416 e. The second-order valence-corrected chi connectivity index (χ2v) is 5.85. The van der Waals surface area contributed by atoms with Gasteiger partial charge in [-0.15, -0.1) is 0 Å². The molecule has 0 amide bonds. The molecular weight excluding hydrogens is 347 g/mol. The Balaban J connectivity index is 1.53. The van der Waals surface area contributed by atoms with Crippen molar-refractivity contribution < 1.29 is 17.9 Å². The van der Waals surface area contributed by atoms with Crippen molar-refractivity contribution in [1.82, 2.24) is 14.9 Å². The largest absolute Gasteiger partial charge is 0.416 e. The molecule has 140 valence electrons. The lowest BCUT2D eigenvalue weighted by Crippen LogP contribution is -2.39. The smallest absolute Gasteiger partial charge is 0.379 e. The fourth-order valence-corrected chi connectivity index (χ4v) is 2.55. The van der Waals surface area contributed by atoms with Gasteiger partial charge in [-0.3, -0.25) is 4.90 Å². The second kappa shape index (κ2) is 8.33. The molecule has 6 nitrogen and oxygen atoms in total. The third-order valence-electron chi connectivity index (χ3n) is 3.96. The molecule has 3 rings (SSSR count). The maximum atomic E-state index is 12.6. The van der Waals surface area contributed by atoms with E-state index < -0.39 is 11.7 Å². The van der Waals surface area contributed by atoms with E-state index in [2.05, 4.69) is 25.5 Å². The molecule has 2 aromatic rings. The number of halogens is 3. The van der Waals surface area contributed by atoms with Crippen molar-refractivity contribution in [3.05, 3.63) is 42.1 Å². The minimum absolute atomic E-state index is 0.468. The number of nitrogens with zero attached hydrogens (tertiary/aromatic N) is 3. The van der Waals surface area contributed by atoms with E-state index in [9.17, 15) is 13.2 Å². The van der Waals surface area contributed by atoms with Crippen LogP contribution in [0.25, 0.3) is 0 Å². The van der Waals surface area contributed by atoms with Gasteiger partial charge in [-0.1, -0.05) is 0 Å². The Morgan fingerprint density at radius 1 is 1.08 bits per heavy atom. The van der Waals surface area contributed by atoms with Crippen LogP contribution in [0.2, 0.25) is 0 Å². The number of rotatable bonds is 6. The Morgan fingerprint density at radius 2 is 1.81 bits per heavy atom. The van der Waals surface area contributed by atoms with E-state index in [-0.39, 0.29) is 0 Å². The minimum Gasteiger partial charge on any atom is -0.379 e. The van der Waals surface area contributed by atoms with Gasteiger partial charge in [-0.25, -0.2) is 4.98 Å². The van der Waals surface area contributed by atoms with E-state index in [0.29, 0.717) is 24.0 Å². The Kier molecular flexibility index (Phi) is 5.89. The summed E-state index contributed by atoms with van der Waals surface area (Å²) in [5.74, 6) is 0.976. The third kappa shape index (κ3) is 5.30. The lowest BCUT2D eigenvalue weighted by Gasteiger charge is -2.26. The molecular formula is C17H20F3N5O. The molecule has 2 heterocycles. The van der Waals surface area contributed by atoms with Gasteiger partial charge < -0.3 is 15.4 Å². The molecule has 0 atom stereocenters. The van der Waals surface area contributed by atoms with Crippen molar-refractivity contribution in [1.29, 1.82) is 0 Å². The van der Waals surface area contributed by atoms with Crippen LogP contribution in [-0.2, 0) is 10.9 Å². The average molecular weight is 367 g/mol. The number of aromatic nitrogens is 2. The molecule has 1 aliphatic heterocycles. The molecule has 1 saturated heterocycles. The molecule has 26 heavy (non-hydrogen) atoms. The Bertz CT molecular complexity index is 702. The van der Waals surface area contributed by atoms with Crippen LogP contribution >= 0.6 is 0 Å². The van der Waals surface area contributed by atoms with E-state index >= 15 is 0 Å². The zero-order valence-corrected chi connectivity index (χ0v) is 14.1. The predicted molar refractivity (Wildman–Crippen MR) is 92.5 cm³/mol. The van der Waals surface area contributed by atoms with E-state index in [4.69, 9.17) is 4.74 Å². The van der Waals surface area contributed by atoms with Crippen LogP contribution in [-0.4, -0.2) is 54.3 Å². The number of morpholine rings is 1. The highest BCUT2D eigenvalue weighted by molar-refractivity contribution is 5.57. The van der Waals surface area contributed by atoms with Crippen molar-refractivity contribution in [3.8, 4) is 0 Å². The molecule has 2 N–H and O–H groups in total. The monoisotopic (exact) mass is 367 g/mol. The quantitative estimate of drug-likeness (QED) is 0.819. The van der Waals surface area contributed by atoms with E-state index in [1.807, 2.05) is 0 Å². The summed E-state index contributed by atoms with van der Waals surface area (Å²) in [6.07, 6.45) is -2.75. The molecule has 0 radical (unpaired) electrons. The van der Waals surface area contributed by atoms with Gasteiger partial charge in [0.05, 0.1) is 18.8 Å². The maximum absolute atomic E-state index is 12.6. The summed E-state index contributed by atoms with van der Waals surface area (Å²) in [7, 11) is 0. The van der Waals surface area contributed by atoms with Crippen molar-refractivity contribution >= 4 is 17.5 Å². The van der Waals surface area contributed by atoms with Gasteiger partial charge in [-0.2, -0.15) is 18.2 Å². The van der Waals surface area contributed by atoms with Crippen LogP contribution in [0.4, 0.5) is 30.6 Å². The molecule has 0 aliphatic carbocycles. The number of hydrogen-bond acceptors (Lipinski definition) is 6. The minimum atomic E-state index is -4.34. The van der Waals surface area contributed by atoms with Crippen LogP contribution < -0.4 is 10.6 Å². The molecule has 1 aromatic carbocycles. The number of hydrogen-bond donors (Lipinski definition) is 2. The summed E-state index contributed by atoms with van der Waals surface area (Å²) in [5.41, 5.74) is -0.160. The van der Waals surface area contributed by atoms with Crippen molar-refractivity contribution in [2.75, 3.05) is 50.0 Å². The standard InChI is InChI=1S/C17H20F3N5O/c18-17(19,20)13-1-3-14(4-2-13)23-15-5-6-21-16(24-15)22-7-8-25-9-11-26-12-10-25/h1-6H,7-12H2,(H2,21,22,23,24). The lowest BCUT2D eigenvalue weighted by atomic mass is 10.2. The summed E-state index contributed by atoms with van der Waals surface area (Å²) < 4.78 is 43.1. The van der Waals surface area contributed by atoms with Crippen LogP contribution in [0.15, 0.2) is 36.5 Å². The van der Waals surface area contributed by atoms with Crippen LogP contribution in [0.1, 0.15) is 5.56 Å². The van der Waals surface area contributed by atoms with Crippen molar-refractivity contribution in [3.63, 3.8) is 0 Å². The Hall–Kier alpha value is -2.39. The first kappa shape index (κ1) is 18.4. The number of nitrogens with one attached hydrogen (secondary N) is 2. The van der Waals surface area contributed by atoms with Crippen LogP contribution in [0.3, 0.4) is 0 Å². The normalized spacial score (nSPS) is 15.7. The Labute approximate surface area is 149 Å². The number of alkyl halides is 3. The van der Waals surface area contributed by atoms with Gasteiger partial charge in [0, 0.05) is 38.1 Å². The first-order valence-corrected chi connectivity index (χ1v) is 8.32. The first-order chi connectivity index (χ1) is 12.5. The number of ether oxygens (including phenoxy) is 1. The molecule has 0 unspecified atom stereocenters. The van der Waals surface area contributed by atoms with Crippen LogP contribution in [0.5, 0.6) is 0 Å². The van der Waals surface area contributed by atoms with Crippen molar-refractivity contribution in [2.24, 2.45) is 0 Å². The summed E-state index contributed by atoms with van der Waals surface area (Å²) in [6.45, 7) is 4.90. The molecule has 1 aliphatic rings. The zero-order valence-electron chi connectivity index (χ0n) is 14.1. The SMILES string of the molecule is FC(F)(F)c1ccc(Nc2ccnc(NCCN3CCOCC3)n2)cc1. The fraction of sp³-hybridized carbons (Fsp3) is 0.412. The van der Waals surface area contributed by atoms with Crippen molar-refractivity contribution in [2.45, 2.75) is 6.18 Å². The fourth-order valence-electron chi connectivity index (χ4n) is 2.55. The highest BCUT2D eigenvalue weighted by Crippen LogP contribution is 2.30. The molecule has 1 aromatic heterocycles. The summed E-state index contributed by atoms with van der Waals surface area (Å²) in [4.78, 5) is 10.8. The van der Waals surface area contributed by atoms with Gasteiger partial charge in [0.15, 0.2) is 0 Å². The first-order valence-electron chi connectivity index (χ1n) is 8.32. The second-order valence-electron chi connectivity index (χ2n) is 5.85. The van der Waals surface area contributed by atoms with Gasteiger partial charge in [0.2, 0.25) is 5.95 Å². The van der Waals surface area contributed by atoms with Gasteiger partial charge in [0.25, 0.3) is 0 Å². The molecule has 0 spiro atoms. The molecule has 9 heteroatoms. The van der Waals surface area contributed by atoms with E-state index in [1.54, 1.807) is 12.3 Å². The third-order valence-corrected chi connectivity index (χ3v) is 3.96. The summed E-state index contributed by atoms with van der Waals surface area (Å²) >= 11 is 0. The van der Waals surface area contributed by atoms with Gasteiger partial charge in [0.1, 0.15) is 5.82 Å². The lowest BCUT2D eigenvalue weighted by molar-refractivity contribution is -0.137. The molecule has 0 bridgehead atoms.